The summed E-state index contributed by atoms with van der Waals surface area (Å²) in [6, 6.07) is 15.3. The number of nitrogens with one attached hydrogen (secondary N) is 1. The normalized spacial score (nSPS) is 19.3. The van der Waals surface area contributed by atoms with E-state index >= 15 is 0 Å². The lowest BCUT2D eigenvalue weighted by atomic mass is 9.87. The monoisotopic (exact) mass is 480 g/mol. The zero-order valence-electron chi connectivity index (χ0n) is 19.9. The lowest BCUT2D eigenvalue weighted by Gasteiger charge is -2.29. The molecule has 2 aromatic carbocycles. The van der Waals surface area contributed by atoms with Crippen molar-refractivity contribution in [2.75, 3.05) is 18.1 Å². The Morgan fingerprint density at radius 1 is 1.09 bits per heavy atom. The van der Waals surface area contributed by atoms with Crippen LogP contribution in [0.3, 0.4) is 0 Å². The van der Waals surface area contributed by atoms with Gasteiger partial charge in [-0.1, -0.05) is 51.1 Å². The molecule has 1 atom stereocenters. The maximum absolute atomic E-state index is 13.8. The molecule has 0 radical (unpaired) electrons. The molecule has 0 aromatic heterocycles. The van der Waals surface area contributed by atoms with Crippen LogP contribution in [-0.2, 0) is 24.7 Å². The molecule has 2 aliphatic heterocycles. The van der Waals surface area contributed by atoms with Crippen LogP contribution >= 0.6 is 11.8 Å². The second-order valence-corrected chi connectivity index (χ2v) is 10.4. The second kappa shape index (κ2) is 8.79. The van der Waals surface area contributed by atoms with Gasteiger partial charge >= 0.3 is 0 Å². The van der Waals surface area contributed by atoms with Crippen LogP contribution in [0.25, 0.3) is 0 Å². The highest BCUT2D eigenvalue weighted by atomic mass is 32.2. The van der Waals surface area contributed by atoms with E-state index in [0.29, 0.717) is 17.8 Å². The number of carbonyl (C=O) groups excluding carboxylic acids is 3. The van der Waals surface area contributed by atoms with Gasteiger partial charge in [0.15, 0.2) is 5.17 Å². The van der Waals surface area contributed by atoms with E-state index in [2.05, 4.69) is 31.2 Å². The zero-order chi connectivity index (χ0) is 24.7. The van der Waals surface area contributed by atoms with Crippen LogP contribution in [0.1, 0.15) is 45.7 Å². The van der Waals surface area contributed by atoms with Gasteiger partial charge in [0.2, 0.25) is 16.7 Å². The van der Waals surface area contributed by atoms with Gasteiger partial charge in [-0.2, -0.15) is 5.01 Å². The molecule has 2 aliphatic rings. The van der Waals surface area contributed by atoms with Crippen molar-refractivity contribution in [3.05, 3.63) is 59.7 Å². The average molecular weight is 481 g/mol. The predicted octanol–water partition coefficient (Wildman–Crippen LogP) is 3.56. The SMILES string of the molecule is CC(=O)NC1=NN(C(C)=O)[C@]2(S1)C(=O)N(CCOc1ccc(C(C)(C)C)cc1)c1ccccc12. The second-order valence-electron chi connectivity index (χ2n) is 9.26. The fourth-order valence-corrected chi connectivity index (χ4v) is 5.43. The summed E-state index contributed by atoms with van der Waals surface area (Å²) in [5.74, 6) is -0.300. The number of ether oxygens (including phenoxy) is 1. The molecular weight excluding hydrogens is 452 g/mol. The number of rotatable bonds is 4. The van der Waals surface area contributed by atoms with E-state index in [1.165, 1.54) is 19.4 Å². The molecule has 3 amide bonds. The summed E-state index contributed by atoms with van der Waals surface area (Å²) in [6.07, 6.45) is 0. The Hall–Kier alpha value is -3.33. The van der Waals surface area contributed by atoms with Crippen LogP contribution in [0.2, 0.25) is 0 Å². The maximum atomic E-state index is 13.8. The summed E-state index contributed by atoms with van der Waals surface area (Å²) in [7, 11) is 0. The number of hydrazone groups is 1. The Kier molecular flexibility index (Phi) is 6.16. The summed E-state index contributed by atoms with van der Waals surface area (Å²) >= 11 is 1.06. The molecule has 0 saturated carbocycles. The molecule has 2 heterocycles. The molecule has 0 aliphatic carbocycles. The van der Waals surface area contributed by atoms with Gasteiger partial charge in [0.25, 0.3) is 5.91 Å². The molecule has 0 unspecified atom stereocenters. The molecule has 9 heteroatoms. The van der Waals surface area contributed by atoms with Crippen molar-refractivity contribution in [1.29, 1.82) is 0 Å². The van der Waals surface area contributed by atoms with Crippen molar-refractivity contribution < 1.29 is 19.1 Å². The number of amidine groups is 1. The molecule has 178 valence electrons. The fourth-order valence-electron chi connectivity index (χ4n) is 4.09. The highest BCUT2D eigenvalue weighted by Crippen LogP contribution is 2.54. The first-order valence-electron chi connectivity index (χ1n) is 11.0. The van der Waals surface area contributed by atoms with Crippen LogP contribution < -0.4 is 15.0 Å². The van der Waals surface area contributed by atoms with Crippen molar-refractivity contribution in [2.45, 2.75) is 44.9 Å². The summed E-state index contributed by atoms with van der Waals surface area (Å²) in [5, 5.41) is 8.24. The van der Waals surface area contributed by atoms with Crippen LogP contribution in [0.4, 0.5) is 5.69 Å². The predicted molar refractivity (Wildman–Crippen MR) is 132 cm³/mol. The summed E-state index contributed by atoms with van der Waals surface area (Å²) in [6.45, 7) is 9.74. The van der Waals surface area contributed by atoms with Crippen molar-refractivity contribution in [3.8, 4) is 5.75 Å². The van der Waals surface area contributed by atoms with Gasteiger partial charge < -0.3 is 15.0 Å². The van der Waals surface area contributed by atoms with Crippen molar-refractivity contribution >= 4 is 40.3 Å². The molecule has 0 fully saturated rings. The quantitative estimate of drug-likeness (QED) is 0.723. The van der Waals surface area contributed by atoms with Gasteiger partial charge in [-0.15, -0.1) is 5.10 Å². The van der Waals surface area contributed by atoms with Gasteiger partial charge in [0.1, 0.15) is 12.4 Å². The van der Waals surface area contributed by atoms with E-state index in [4.69, 9.17) is 4.74 Å². The van der Waals surface area contributed by atoms with E-state index in [-0.39, 0.29) is 29.0 Å². The van der Waals surface area contributed by atoms with Crippen LogP contribution in [0, 0.1) is 0 Å². The van der Waals surface area contributed by atoms with E-state index in [1.807, 2.05) is 48.5 Å². The lowest BCUT2D eigenvalue weighted by Crippen LogP contribution is -2.49. The standard InChI is InChI=1S/C25H28N4O4S/c1-16(30)26-23-27-29(17(2)31)25(34-23)20-8-6-7-9-21(20)28(22(25)32)14-15-33-19-12-10-18(11-13-19)24(3,4)5/h6-13H,14-15H2,1-5H3,(H,26,27,30)/t25-/m1/s1. The highest BCUT2D eigenvalue weighted by Gasteiger charge is 2.61. The van der Waals surface area contributed by atoms with Crippen molar-refractivity contribution in [2.24, 2.45) is 5.10 Å². The Bertz CT molecular complexity index is 1170. The first-order chi connectivity index (χ1) is 16.0. The van der Waals surface area contributed by atoms with E-state index in [1.54, 1.807) is 4.90 Å². The molecule has 0 bridgehead atoms. The minimum Gasteiger partial charge on any atom is -0.492 e. The van der Waals surface area contributed by atoms with E-state index in [0.717, 1.165) is 22.5 Å². The van der Waals surface area contributed by atoms with E-state index in [9.17, 15) is 14.4 Å². The Morgan fingerprint density at radius 3 is 2.38 bits per heavy atom. The number of anilines is 1. The first kappa shape index (κ1) is 23.8. The average Bonchev–Trinajstić information content (AvgIpc) is 3.25. The minimum atomic E-state index is -1.39. The number of thioether (sulfide) groups is 1. The molecule has 1 N–H and O–H groups in total. The number of hydrogen-bond donors (Lipinski definition) is 1. The third-order valence-corrected chi connectivity index (χ3v) is 6.95. The van der Waals surface area contributed by atoms with Gasteiger partial charge in [0.05, 0.1) is 12.2 Å². The maximum Gasteiger partial charge on any atom is 0.270 e. The van der Waals surface area contributed by atoms with Crippen molar-refractivity contribution in [3.63, 3.8) is 0 Å². The zero-order valence-corrected chi connectivity index (χ0v) is 20.7. The molecule has 34 heavy (non-hydrogen) atoms. The van der Waals surface area contributed by atoms with Gasteiger partial charge in [-0.05, 0) is 40.9 Å². The van der Waals surface area contributed by atoms with Crippen LogP contribution in [-0.4, -0.2) is 41.0 Å². The largest absolute Gasteiger partial charge is 0.492 e. The third kappa shape index (κ3) is 4.16. The summed E-state index contributed by atoms with van der Waals surface area (Å²) < 4.78 is 5.93. The number of fused-ring (bicyclic) bond motifs is 2. The first-order valence-corrected chi connectivity index (χ1v) is 11.9. The van der Waals surface area contributed by atoms with Gasteiger partial charge in [0, 0.05) is 19.4 Å². The molecule has 1 spiro atoms. The fraction of sp³-hybridized carbons (Fsp3) is 0.360. The molecular formula is C25H28N4O4S. The van der Waals surface area contributed by atoms with Crippen LogP contribution in [0.5, 0.6) is 5.75 Å². The Balaban J connectivity index is 1.56. The Labute approximate surface area is 203 Å². The Morgan fingerprint density at radius 2 is 1.76 bits per heavy atom. The lowest BCUT2D eigenvalue weighted by molar-refractivity contribution is -0.139. The van der Waals surface area contributed by atoms with E-state index < -0.39 is 10.8 Å². The topological polar surface area (TPSA) is 91.3 Å². The number of benzene rings is 2. The molecule has 8 nitrogen and oxygen atoms in total. The number of hydrogen-bond acceptors (Lipinski definition) is 6. The molecule has 2 aromatic rings. The highest BCUT2D eigenvalue weighted by molar-refractivity contribution is 8.15. The van der Waals surface area contributed by atoms with Crippen LogP contribution in [0.15, 0.2) is 53.6 Å². The number of amides is 3. The number of para-hydroxylation sites is 1. The minimum absolute atomic E-state index is 0.0538. The van der Waals surface area contributed by atoms with Gasteiger partial charge in [-0.3, -0.25) is 14.4 Å². The molecule has 4 rings (SSSR count). The summed E-state index contributed by atoms with van der Waals surface area (Å²) in [5.41, 5.74) is 2.61. The van der Waals surface area contributed by atoms with Gasteiger partial charge in [-0.25, -0.2) is 0 Å². The summed E-state index contributed by atoms with van der Waals surface area (Å²) in [4.78, 5) is 38.1. The number of carbonyl (C=O) groups is 3. The molecule has 0 saturated heterocycles. The smallest absolute Gasteiger partial charge is 0.270 e. The van der Waals surface area contributed by atoms with Crippen molar-refractivity contribution in [1.82, 2.24) is 10.3 Å². The third-order valence-electron chi connectivity index (χ3n) is 5.71. The number of nitrogens with zero attached hydrogens (tertiary/aromatic N) is 3.